The van der Waals surface area contributed by atoms with Crippen LogP contribution in [0.25, 0.3) is 11.0 Å². The van der Waals surface area contributed by atoms with Crippen LogP contribution in [0.15, 0.2) is 39.5 Å². The van der Waals surface area contributed by atoms with E-state index in [1.807, 2.05) is 26.0 Å². The van der Waals surface area contributed by atoms with Gasteiger partial charge < -0.3 is 14.6 Å². The zero-order chi connectivity index (χ0) is 15.0. The second kappa shape index (κ2) is 6.50. The number of rotatable bonds is 1. The van der Waals surface area contributed by atoms with Crippen LogP contribution in [0.1, 0.15) is 24.2 Å². The zero-order valence-electron chi connectivity index (χ0n) is 12.5. The van der Waals surface area contributed by atoms with E-state index in [0.29, 0.717) is 12.1 Å². The lowest BCUT2D eigenvalue weighted by Gasteiger charge is -2.37. The Labute approximate surface area is 134 Å². The number of fused-ring (bicyclic) bond motifs is 1. The van der Waals surface area contributed by atoms with Gasteiger partial charge in [-0.25, -0.2) is 4.79 Å². The van der Waals surface area contributed by atoms with Crippen molar-refractivity contribution in [1.29, 1.82) is 0 Å². The van der Waals surface area contributed by atoms with Gasteiger partial charge in [-0.3, -0.25) is 4.79 Å². The van der Waals surface area contributed by atoms with Crippen molar-refractivity contribution in [3.8, 4) is 0 Å². The van der Waals surface area contributed by atoms with Crippen LogP contribution in [0.5, 0.6) is 0 Å². The van der Waals surface area contributed by atoms with Crippen molar-refractivity contribution in [2.45, 2.75) is 25.9 Å². The summed E-state index contributed by atoms with van der Waals surface area (Å²) in [6.45, 7) is 5.31. The van der Waals surface area contributed by atoms with E-state index < -0.39 is 5.63 Å². The number of para-hydroxylation sites is 1. The number of hydrogen-bond acceptors (Lipinski definition) is 4. The lowest BCUT2D eigenvalue weighted by Crippen LogP contribution is -2.56. The quantitative estimate of drug-likeness (QED) is 0.816. The number of nitrogens with zero attached hydrogens (tertiary/aromatic N) is 1. The third-order valence-electron chi connectivity index (χ3n) is 3.90. The van der Waals surface area contributed by atoms with E-state index in [4.69, 9.17) is 4.42 Å². The van der Waals surface area contributed by atoms with Crippen LogP contribution in [0.3, 0.4) is 0 Å². The summed E-state index contributed by atoms with van der Waals surface area (Å²) >= 11 is 0. The van der Waals surface area contributed by atoms with E-state index in [-0.39, 0.29) is 36.0 Å². The molecule has 1 N–H and O–H groups in total. The molecule has 1 fully saturated rings. The molecule has 0 spiro atoms. The normalized spacial score (nSPS) is 21.5. The average Bonchev–Trinajstić information content (AvgIpc) is 2.48. The van der Waals surface area contributed by atoms with E-state index in [0.717, 1.165) is 11.9 Å². The highest BCUT2D eigenvalue weighted by atomic mass is 35.5. The molecule has 1 aliphatic rings. The topological polar surface area (TPSA) is 62.6 Å². The highest BCUT2D eigenvalue weighted by Crippen LogP contribution is 2.16. The van der Waals surface area contributed by atoms with E-state index in [1.165, 1.54) is 0 Å². The van der Waals surface area contributed by atoms with Crippen molar-refractivity contribution < 1.29 is 9.21 Å². The Hall–Kier alpha value is -1.85. The Bertz CT molecular complexity index is 743. The Morgan fingerprint density at radius 3 is 2.82 bits per heavy atom. The van der Waals surface area contributed by atoms with Gasteiger partial charge >= 0.3 is 5.63 Å². The lowest BCUT2D eigenvalue weighted by atomic mass is 10.1. The van der Waals surface area contributed by atoms with E-state index >= 15 is 0 Å². The van der Waals surface area contributed by atoms with Crippen molar-refractivity contribution in [2.24, 2.45) is 0 Å². The molecule has 118 valence electrons. The third kappa shape index (κ3) is 3.00. The van der Waals surface area contributed by atoms with Gasteiger partial charge in [-0.1, -0.05) is 18.2 Å². The molecule has 1 aromatic heterocycles. The molecule has 5 nitrogen and oxygen atoms in total. The predicted octanol–water partition coefficient (Wildman–Crippen LogP) is 2.04. The number of piperazine rings is 1. The number of halogens is 1. The number of amides is 1. The monoisotopic (exact) mass is 322 g/mol. The first-order valence-corrected chi connectivity index (χ1v) is 7.13. The smallest absolute Gasteiger partial charge is 0.349 e. The molecule has 0 radical (unpaired) electrons. The van der Waals surface area contributed by atoms with Crippen LogP contribution in [0.4, 0.5) is 0 Å². The molecule has 1 aromatic carbocycles. The Morgan fingerprint density at radius 1 is 1.32 bits per heavy atom. The first kappa shape index (κ1) is 16.5. The van der Waals surface area contributed by atoms with Crippen LogP contribution in [0, 0.1) is 0 Å². The number of carbonyl (C=O) groups is 1. The van der Waals surface area contributed by atoms with Crippen LogP contribution in [-0.2, 0) is 0 Å². The van der Waals surface area contributed by atoms with Gasteiger partial charge in [-0.05, 0) is 26.0 Å². The molecular formula is C16H19ClN2O3. The number of nitrogens with one attached hydrogen (secondary N) is 1. The molecule has 0 saturated carbocycles. The maximum absolute atomic E-state index is 12.7. The summed E-state index contributed by atoms with van der Waals surface area (Å²) in [5, 5.41) is 4.08. The molecule has 2 unspecified atom stereocenters. The van der Waals surface area contributed by atoms with Crippen molar-refractivity contribution in [2.75, 3.05) is 13.1 Å². The fourth-order valence-electron chi connectivity index (χ4n) is 2.67. The first-order chi connectivity index (χ1) is 10.1. The Balaban J connectivity index is 0.00000176. The molecule has 0 bridgehead atoms. The minimum absolute atomic E-state index is 0. The maximum Gasteiger partial charge on any atom is 0.349 e. The fourth-order valence-corrected chi connectivity index (χ4v) is 2.67. The largest absolute Gasteiger partial charge is 0.422 e. The van der Waals surface area contributed by atoms with Crippen LogP contribution >= 0.6 is 12.4 Å². The van der Waals surface area contributed by atoms with Gasteiger partial charge in [0.05, 0.1) is 0 Å². The van der Waals surface area contributed by atoms with E-state index in [9.17, 15) is 9.59 Å². The van der Waals surface area contributed by atoms with Crippen molar-refractivity contribution in [3.05, 3.63) is 46.3 Å². The van der Waals surface area contributed by atoms with Crippen LogP contribution in [-0.4, -0.2) is 36.0 Å². The molecule has 1 aliphatic heterocycles. The summed E-state index contributed by atoms with van der Waals surface area (Å²) in [5.74, 6) is -0.254. The molecule has 6 heteroatoms. The first-order valence-electron chi connectivity index (χ1n) is 7.13. The Kier molecular flexibility index (Phi) is 4.88. The molecule has 2 aromatic rings. The summed E-state index contributed by atoms with van der Waals surface area (Å²) in [6.07, 6.45) is 0. The predicted molar refractivity (Wildman–Crippen MR) is 87.7 cm³/mol. The molecule has 0 aliphatic carbocycles. The van der Waals surface area contributed by atoms with Crippen molar-refractivity contribution >= 4 is 29.3 Å². The summed E-state index contributed by atoms with van der Waals surface area (Å²) in [5.41, 5.74) is 0.0347. The van der Waals surface area contributed by atoms with E-state index in [1.54, 1.807) is 23.1 Å². The van der Waals surface area contributed by atoms with E-state index in [2.05, 4.69) is 5.32 Å². The van der Waals surface area contributed by atoms with Crippen molar-refractivity contribution in [1.82, 2.24) is 10.2 Å². The van der Waals surface area contributed by atoms with Gasteiger partial charge in [0.25, 0.3) is 5.91 Å². The van der Waals surface area contributed by atoms with Crippen LogP contribution in [0.2, 0.25) is 0 Å². The zero-order valence-corrected chi connectivity index (χ0v) is 13.4. The second-order valence-corrected chi connectivity index (χ2v) is 5.60. The third-order valence-corrected chi connectivity index (χ3v) is 3.90. The molecular weight excluding hydrogens is 304 g/mol. The van der Waals surface area contributed by atoms with Gasteiger partial charge in [0.2, 0.25) is 0 Å². The minimum Gasteiger partial charge on any atom is -0.422 e. The maximum atomic E-state index is 12.7. The minimum atomic E-state index is -0.572. The molecule has 2 atom stereocenters. The highest BCUT2D eigenvalue weighted by Gasteiger charge is 2.29. The second-order valence-electron chi connectivity index (χ2n) is 5.60. The fraction of sp³-hybridized carbons (Fsp3) is 0.375. The standard InChI is InChI=1S/C16H18N2O3.ClH/c1-10-9-18(11(2)8-17-10)15(19)13-7-12-5-3-4-6-14(12)21-16(13)20;/h3-7,10-11,17H,8-9H2,1-2H3;1H. The molecule has 2 heterocycles. The van der Waals surface area contributed by atoms with Crippen LogP contribution < -0.4 is 10.9 Å². The molecule has 22 heavy (non-hydrogen) atoms. The summed E-state index contributed by atoms with van der Waals surface area (Å²) < 4.78 is 5.25. The highest BCUT2D eigenvalue weighted by molar-refractivity contribution is 5.96. The number of carbonyl (C=O) groups excluding carboxylic acids is 1. The summed E-state index contributed by atoms with van der Waals surface area (Å²) in [4.78, 5) is 26.5. The molecule has 1 amide bonds. The van der Waals surface area contributed by atoms with Gasteiger partial charge in [-0.2, -0.15) is 0 Å². The van der Waals surface area contributed by atoms with Gasteiger partial charge in [0.15, 0.2) is 0 Å². The Morgan fingerprint density at radius 2 is 2.05 bits per heavy atom. The summed E-state index contributed by atoms with van der Waals surface area (Å²) in [6, 6.07) is 9.11. The molecule has 1 saturated heterocycles. The average molecular weight is 323 g/mol. The lowest BCUT2D eigenvalue weighted by molar-refractivity contribution is 0.0612. The summed E-state index contributed by atoms with van der Waals surface area (Å²) in [7, 11) is 0. The van der Waals surface area contributed by atoms with Crippen molar-refractivity contribution in [3.63, 3.8) is 0 Å². The van der Waals surface area contributed by atoms with Gasteiger partial charge in [0.1, 0.15) is 11.1 Å². The van der Waals surface area contributed by atoms with Gasteiger partial charge in [0, 0.05) is 30.6 Å². The van der Waals surface area contributed by atoms with Gasteiger partial charge in [-0.15, -0.1) is 12.4 Å². The number of benzene rings is 1. The SMILES string of the molecule is CC1CN(C(=O)c2cc3ccccc3oc2=O)C(C)CN1.Cl. The molecule has 3 rings (SSSR count). The number of hydrogen-bond donors (Lipinski definition) is 1.